The number of piperidine rings is 1. The van der Waals surface area contributed by atoms with E-state index in [1.54, 1.807) is 13.2 Å². The van der Waals surface area contributed by atoms with Crippen LogP contribution in [0, 0.1) is 5.92 Å². The Labute approximate surface area is 177 Å². The lowest BCUT2D eigenvalue weighted by molar-refractivity contribution is -0.104. The highest BCUT2D eigenvalue weighted by molar-refractivity contribution is 6.33. The average molecular weight is 414 g/mol. The molecule has 0 atom stereocenters. The molecular weight excluding hydrogens is 386 g/mol. The second-order valence-corrected chi connectivity index (χ2v) is 7.92. The predicted molar refractivity (Wildman–Crippen MR) is 120 cm³/mol. The molecule has 6 heteroatoms. The zero-order chi connectivity index (χ0) is 20.8. The molecule has 29 heavy (non-hydrogen) atoms. The Kier molecular flexibility index (Phi) is 7.15. The minimum atomic E-state index is 0.656. The molecule has 0 N–H and O–H groups in total. The smallest absolute Gasteiger partial charge is 0.144 e. The van der Waals surface area contributed by atoms with Crippen LogP contribution in [0.4, 0.5) is 11.4 Å². The van der Waals surface area contributed by atoms with Crippen molar-refractivity contribution in [2.75, 3.05) is 29.9 Å². The van der Waals surface area contributed by atoms with E-state index in [0.717, 1.165) is 66.6 Å². The fraction of sp³-hybridized carbons (Fsp3) is 0.391. The Morgan fingerprint density at radius 2 is 2.07 bits per heavy atom. The van der Waals surface area contributed by atoms with Crippen LogP contribution in [0.25, 0.3) is 0 Å². The number of aldehydes is 1. The lowest BCUT2D eigenvalue weighted by Crippen LogP contribution is -2.34. The number of nitrogens with zero attached hydrogens (tertiary/aromatic N) is 3. The van der Waals surface area contributed by atoms with Crippen molar-refractivity contribution in [3.63, 3.8) is 0 Å². The number of halogens is 1. The van der Waals surface area contributed by atoms with E-state index in [2.05, 4.69) is 28.1 Å². The molecule has 1 fully saturated rings. The van der Waals surface area contributed by atoms with Crippen molar-refractivity contribution in [2.24, 2.45) is 10.9 Å². The van der Waals surface area contributed by atoms with Gasteiger partial charge in [0, 0.05) is 37.9 Å². The van der Waals surface area contributed by atoms with Crippen molar-refractivity contribution in [2.45, 2.75) is 33.1 Å². The maximum Gasteiger partial charge on any atom is 0.144 e. The molecule has 3 rings (SSSR count). The maximum absolute atomic E-state index is 10.6. The van der Waals surface area contributed by atoms with E-state index in [-0.39, 0.29) is 0 Å². The van der Waals surface area contributed by atoms with E-state index in [9.17, 15) is 4.79 Å². The standard InChI is InChI=1S/C23H28ClN3O2/c1-17(10-13-28)25-18(2)26(3)20-6-7-23(22(24)16-20)27-11-8-19(9-12-27)15-21-5-4-14-29-21/h4-7,10,13-14,16,19H,8-9,11-12,15H2,1-3H3/b17-10-,25-18?. The molecule has 0 saturated carbocycles. The summed E-state index contributed by atoms with van der Waals surface area (Å²) in [7, 11) is 1.94. The number of furan rings is 1. The molecule has 1 aliphatic heterocycles. The number of amidine groups is 1. The van der Waals surface area contributed by atoms with E-state index in [0.29, 0.717) is 11.6 Å². The van der Waals surface area contributed by atoms with Crippen LogP contribution in [0.5, 0.6) is 0 Å². The molecule has 0 spiro atoms. The zero-order valence-corrected chi connectivity index (χ0v) is 18.0. The third-order valence-corrected chi connectivity index (χ3v) is 5.78. The molecule has 0 unspecified atom stereocenters. The summed E-state index contributed by atoms with van der Waals surface area (Å²) in [6.07, 6.45) is 7.21. The van der Waals surface area contributed by atoms with Crippen molar-refractivity contribution >= 4 is 35.1 Å². The summed E-state index contributed by atoms with van der Waals surface area (Å²) < 4.78 is 5.49. The Hall–Kier alpha value is -2.53. The number of anilines is 2. The fourth-order valence-electron chi connectivity index (χ4n) is 3.70. The highest BCUT2D eigenvalue weighted by atomic mass is 35.5. The number of carbonyl (C=O) groups is 1. The molecule has 0 bridgehead atoms. The molecule has 154 valence electrons. The summed E-state index contributed by atoms with van der Waals surface area (Å²) in [6.45, 7) is 5.71. The summed E-state index contributed by atoms with van der Waals surface area (Å²) >= 11 is 6.64. The highest BCUT2D eigenvalue weighted by Gasteiger charge is 2.22. The number of hydrogen-bond donors (Lipinski definition) is 0. The molecule has 1 saturated heterocycles. The topological polar surface area (TPSA) is 49.1 Å². The van der Waals surface area contributed by atoms with Crippen LogP contribution in [0.3, 0.4) is 0 Å². The van der Waals surface area contributed by atoms with Crippen molar-refractivity contribution in [1.29, 1.82) is 0 Å². The Morgan fingerprint density at radius 1 is 1.31 bits per heavy atom. The van der Waals surface area contributed by atoms with Crippen LogP contribution in [-0.4, -0.2) is 32.3 Å². The third-order valence-electron chi connectivity index (χ3n) is 5.48. The van der Waals surface area contributed by atoms with Crippen LogP contribution in [0.1, 0.15) is 32.4 Å². The van der Waals surface area contributed by atoms with Crippen LogP contribution in [0.15, 0.2) is 57.8 Å². The molecule has 0 amide bonds. The Bertz CT molecular complexity index is 882. The van der Waals surface area contributed by atoms with Gasteiger partial charge in [0.1, 0.15) is 17.9 Å². The molecule has 2 aromatic rings. The van der Waals surface area contributed by atoms with Gasteiger partial charge in [0.25, 0.3) is 0 Å². The Balaban J connectivity index is 1.64. The van der Waals surface area contributed by atoms with Gasteiger partial charge in [0.15, 0.2) is 0 Å². The first-order valence-corrected chi connectivity index (χ1v) is 10.3. The number of hydrogen-bond acceptors (Lipinski definition) is 4. The van der Waals surface area contributed by atoms with E-state index in [1.807, 2.05) is 31.0 Å². The highest BCUT2D eigenvalue weighted by Crippen LogP contribution is 2.33. The molecule has 5 nitrogen and oxygen atoms in total. The third kappa shape index (κ3) is 5.51. The monoisotopic (exact) mass is 413 g/mol. The van der Waals surface area contributed by atoms with Crippen LogP contribution in [-0.2, 0) is 11.2 Å². The minimum Gasteiger partial charge on any atom is -0.469 e. The summed E-state index contributed by atoms with van der Waals surface area (Å²) in [5.41, 5.74) is 2.71. The van der Waals surface area contributed by atoms with E-state index >= 15 is 0 Å². The van der Waals surface area contributed by atoms with Gasteiger partial charge in [0.05, 0.1) is 17.0 Å². The first-order valence-electron chi connectivity index (χ1n) is 9.96. The SMILES string of the molecule is CC(=N/C(C)=C\C=O)N(C)c1ccc(N2CCC(Cc3ccco3)CC2)c(Cl)c1. The van der Waals surface area contributed by atoms with E-state index in [4.69, 9.17) is 16.0 Å². The van der Waals surface area contributed by atoms with Gasteiger partial charge in [-0.1, -0.05) is 11.6 Å². The lowest BCUT2D eigenvalue weighted by Gasteiger charge is -2.34. The first-order chi connectivity index (χ1) is 14.0. The van der Waals surface area contributed by atoms with Crippen molar-refractivity contribution in [1.82, 2.24) is 0 Å². The predicted octanol–water partition coefficient (Wildman–Crippen LogP) is 5.35. The van der Waals surface area contributed by atoms with Crippen molar-refractivity contribution in [3.8, 4) is 0 Å². The summed E-state index contributed by atoms with van der Waals surface area (Å²) in [4.78, 5) is 19.3. The van der Waals surface area contributed by atoms with Crippen LogP contribution >= 0.6 is 11.6 Å². The molecule has 0 radical (unpaired) electrons. The number of rotatable bonds is 6. The molecular formula is C23H28ClN3O2. The van der Waals surface area contributed by atoms with Crippen molar-refractivity contribution in [3.05, 3.63) is 59.2 Å². The second-order valence-electron chi connectivity index (χ2n) is 7.51. The van der Waals surface area contributed by atoms with Gasteiger partial charge in [0.2, 0.25) is 0 Å². The quantitative estimate of drug-likeness (QED) is 0.277. The maximum atomic E-state index is 10.6. The van der Waals surface area contributed by atoms with E-state index in [1.165, 1.54) is 6.08 Å². The Morgan fingerprint density at radius 3 is 2.69 bits per heavy atom. The van der Waals surface area contributed by atoms with Gasteiger partial charge in [-0.3, -0.25) is 4.79 Å². The lowest BCUT2D eigenvalue weighted by atomic mass is 9.92. The molecule has 0 aliphatic carbocycles. The fourth-order valence-corrected chi connectivity index (χ4v) is 4.00. The van der Waals surface area contributed by atoms with Gasteiger partial charge in [-0.15, -0.1) is 0 Å². The summed E-state index contributed by atoms with van der Waals surface area (Å²) in [5.74, 6) is 2.52. The molecule has 1 aliphatic rings. The number of allylic oxidation sites excluding steroid dienone is 2. The van der Waals surface area contributed by atoms with Crippen molar-refractivity contribution < 1.29 is 9.21 Å². The molecule has 1 aromatic carbocycles. The van der Waals surface area contributed by atoms with Gasteiger partial charge < -0.3 is 14.2 Å². The zero-order valence-electron chi connectivity index (χ0n) is 17.3. The second kappa shape index (κ2) is 9.79. The van der Waals surface area contributed by atoms with Crippen LogP contribution < -0.4 is 9.80 Å². The largest absolute Gasteiger partial charge is 0.469 e. The summed E-state index contributed by atoms with van der Waals surface area (Å²) in [6, 6.07) is 10.1. The van der Waals surface area contributed by atoms with Gasteiger partial charge in [-0.25, -0.2) is 4.99 Å². The summed E-state index contributed by atoms with van der Waals surface area (Å²) in [5, 5.41) is 0.742. The normalized spacial score (nSPS) is 16.2. The molecule has 2 heterocycles. The van der Waals surface area contributed by atoms with Gasteiger partial charge in [-0.05, 0) is 69.0 Å². The van der Waals surface area contributed by atoms with Gasteiger partial charge in [-0.2, -0.15) is 0 Å². The first kappa shape index (κ1) is 21.2. The number of benzene rings is 1. The molecule has 1 aromatic heterocycles. The van der Waals surface area contributed by atoms with Gasteiger partial charge >= 0.3 is 0 Å². The number of aliphatic imine (C=N–C) groups is 1. The number of carbonyl (C=O) groups excluding carboxylic acids is 1. The van der Waals surface area contributed by atoms with Crippen LogP contribution in [0.2, 0.25) is 5.02 Å². The van der Waals surface area contributed by atoms with E-state index < -0.39 is 0 Å². The average Bonchev–Trinajstić information content (AvgIpc) is 3.21. The minimum absolute atomic E-state index is 0.656.